The van der Waals surface area contributed by atoms with Crippen molar-refractivity contribution >= 4 is 23.9 Å². The van der Waals surface area contributed by atoms with E-state index >= 15 is 0 Å². The van der Waals surface area contributed by atoms with Crippen molar-refractivity contribution in [3.63, 3.8) is 0 Å². The Morgan fingerprint density at radius 2 is 1.04 bits per heavy atom. The zero-order valence-electron chi connectivity index (χ0n) is 45.3. The molecule has 19 heteroatoms. The molecule has 0 amide bonds. The highest BCUT2D eigenvalue weighted by Crippen LogP contribution is 2.50. The van der Waals surface area contributed by atoms with E-state index in [4.69, 9.17) is 66.3 Å². The molecular formula is C58H84O19. The smallest absolute Gasteiger partial charge is 0.303 e. The van der Waals surface area contributed by atoms with Crippen LogP contribution in [0, 0.1) is 11.8 Å². The van der Waals surface area contributed by atoms with Gasteiger partial charge in [-0.05, 0) is 61.5 Å². The maximum absolute atomic E-state index is 12.3. The summed E-state index contributed by atoms with van der Waals surface area (Å²) in [6.07, 6.45) is -1.10. The number of aliphatic hydroxyl groups excluding tert-OH is 1. The Labute approximate surface area is 454 Å². The van der Waals surface area contributed by atoms with Crippen LogP contribution in [0.5, 0.6) is 0 Å². The highest BCUT2D eigenvalue weighted by atomic mass is 16.8. The molecule has 0 bridgehead atoms. The Hall–Kier alpha value is -4.38. The normalized spacial score (nSPS) is 34.6. The van der Waals surface area contributed by atoms with Gasteiger partial charge in [-0.3, -0.25) is 19.2 Å². The van der Waals surface area contributed by atoms with E-state index in [1.165, 1.54) is 27.7 Å². The second kappa shape index (κ2) is 28.7. The van der Waals surface area contributed by atoms with Crippen LogP contribution < -0.4 is 0 Å². The van der Waals surface area contributed by atoms with Crippen LogP contribution >= 0.6 is 0 Å². The second-order valence-corrected chi connectivity index (χ2v) is 20.9. The van der Waals surface area contributed by atoms with E-state index in [2.05, 4.69) is 6.58 Å². The topological polar surface area (TPSA) is 218 Å². The molecule has 2 aromatic carbocycles. The van der Waals surface area contributed by atoms with Crippen LogP contribution in [0.4, 0.5) is 0 Å². The number of fused-ring (bicyclic) bond motifs is 4. The summed E-state index contributed by atoms with van der Waals surface area (Å²) in [5.74, 6) is -3.86. The lowest BCUT2D eigenvalue weighted by Gasteiger charge is -2.53. The Bertz CT molecular complexity index is 2180. The molecule has 6 aliphatic rings. The van der Waals surface area contributed by atoms with E-state index in [-0.39, 0.29) is 63.2 Å². The van der Waals surface area contributed by atoms with Crippen LogP contribution in [-0.2, 0) is 98.7 Å². The van der Waals surface area contributed by atoms with E-state index in [9.17, 15) is 24.3 Å². The highest BCUT2D eigenvalue weighted by Gasteiger charge is 2.67. The molecule has 430 valence electrons. The summed E-state index contributed by atoms with van der Waals surface area (Å²) in [5, 5.41) is 9.48. The summed E-state index contributed by atoms with van der Waals surface area (Å²) < 4.78 is 86.2. The van der Waals surface area contributed by atoms with E-state index in [1.54, 1.807) is 14.2 Å². The Morgan fingerprint density at radius 1 is 0.623 bits per heavy atom. The molecule has 0 spiro atoms. The van der Waals surface area contributed by atoms with Crippen LogP contribution in [-0.4, -0.2) is 160 Å². The van der Waals surface area contributed by atoms with Gasteiger partial charge in [0.15, 0.2) is 36.0 Å². The molecule has 2 aromatic rings. The summed E-state index contributed by atoms with van der Waals surface area (Å²) >= 11 is 0. The van der Waals surface area contributed by atoms with Crippen molar-refractivity contribution < 1.29 is 90.6 Å². The van der Waals surface area contributed by atoms with Crippen molar-refractivity contribution in [2.24, 2.45) is 11.8 Å². The van der Waals surface area contributed by atoms with Gasteiger partial charge < -0.3 is 71.4 Å². The van der Waals surface area contributed by atoms with Crippen LogP contribution in [0.25, 0.3) is 0 Å². The molecule has 6 saturated heterocycles. The SMILES string of the molecule is C.C=CC[C@@H]1CCC2(OC)O[C@@H]3[C@@H](O[C@H](C[C@@H](C)COC(C)=O)[C@@H]3OCc3ccccc3)[C@H](OC(C)=O)[C@H]2O1.COC12CC[C@H](CCO)O[C@@H]1[C@@H](OC(C)=O)[C@@H]1O[C@H](C[C@@H](C)COC(C)=O)[C@H](OCc3ccccc3)[C@@H]1O2. The number of hydrogen-bond acceptors (Lipinski definition) is 19. The maximum atomic E-state index is 12.3. The molecule has 18 atom stereocenters. The van der Waals surface area contributed by atoms with Crippen molar-refractivity contribution in [3.8, 4) is 0 Å². The number of benzene rings is 2. The third-order valence-electron chi connectivity index (χ3n) is 14.9. The van der Waals surface area contributed by atoms with Gasteiger partial charge in [-0.2, -0.15) is 0 Å². The lowest BCUT2D eigenvalue weighted by molar-refractivity contribution is -0.383. The van der Waals surface area contributed by atoms with Gasteiger partial charge in [0.2, 0.25) is 0 Å². The molecule has 8 rings (SSSR count). The number of methoxy groups -OCH3 is 2. The fraction of sp³-hybridized carbons (Fsp3) is 0.690. The molecular weight excluding hydrogens is 1000 g/mol. The average Bonchev–Trinajstić information content (AvgIpc) is 4.05. The minimum absolute atomic E-state index is 0. The second-order valence-electron chi connectivity index (χ2n) is 20.9. The largest absolute Gasteiger partial charge is 0.466 e. The highest BCUT2D eigenvalue weighted by molar-refractivity contribution is 5.67. The molecule has 19 nitrogen and oxygen atoms in total. The van der Waals surface area contributed by atoms with Gasteiger partial charge in [0.25, 0.3) is 0 Å². The zero-order valence-corrected chi connectivity index (χ0v) is 45.3. The van der Waals surface area contributed by atoms with Crippen LogP contribution in [0.15, 0.2) is 73.3 Å². The van der Waals surface area contributed by atoms with Gasteiger partial charge in [-0.15, -0.1) is 6.58 Å². The van der Waals surface area contributed by atoms with Crippen molar-refractivity contribution in [1.29, 1.82) is 0 Å². The predicted molar refractivity (Wildman–Crippen MR) is 278 cm³/mol. The van der Waals surface area contributed by atoms with Gasteiger partial charge in [0.05, 0.1) is 50.8 Å². The molecule has 6 aliphatic heterocycles. The van der Waals surface area contributed by atoms with Gasteiger partial charge in [-0.1, -0.05) is 88.0 Å². The summed E-state index contributed by atoms with van der Waals surface area (Å²) in [5.41, 5.74) is 2.02. The zero-order chi connectivity index (χ0) is 54.6. The number of rotatable bonds is 22. The third kappa shape index (κ3) is 15.5. The molecule has 0 aliphatic carbocycles. The van der Waals surface area contributed by atoms with Crippen molar-refractivity contribution in [2.45, 2.75) is 211 Å². The first-order chi connectivity index (χ1) is 36.5. The third-order valence-corrected chi connectivity index (χ3v) is 14.9. The maximum Gasteiger partial charge on any atom is 0.303 e. The monoisotopic (exact) mass is 1080 g/mol. The average molecular weight is 1090 g/mol. The van der Waals surface area contributed by atoms with Crippen molar-refractivity contribution in [1.82, 2.24) is 0 Å². The first-order valence-electron chi connectivity index (χ1n) is 26.7. The van der Waals surface area contributed by atoms with E-state index < -0.39 is 96.8 Å². The first-order valence-corrected chi connectivity index (χ1v) is 26.7. The first kappa shape index (κ1) is 61.8. The summed E-state index contributed by atoms with van der Waals surface area (Å²) in [6.45, 7) is 14.5. The predicted octanol–water partition coefficient (Wildman–Crippen LogP) is 6.89. The van der Waals surface area contributed by atoms with Crippen LogP contribution in [0.1, 0.15) is 111 Å². The Morgan fingerprint density at radius 3 is 1.42 bits per heavy atom. The van der Waals surface area contributed by atoms with Gasteiger partial charge >= 0.3 is 23.9 Å². The Balaban J connectivity index is 0.000000246. The van der Waals surface area contributed by atoms with E-state index in [0.717, 1.165) is 11.1 Å². The number of ether oxygens (including phenoxy) is 14. The number of aliphatic hydroxyl groups is 1. The molecule has 1 N–H and O–H groups in total. The number of esters is 4. The van der Waals surface area contributed by atoms with Gasteiger partial charge in [0.1, 0.15) is 36.6 Å². The molecule has 0 saturated carbocycles. The van der Waals surface area contributed by atoms with Crippen molar-refractivity contribution in [3.05, 3.63) is 84.4 Å². The fourth-order valence-electron chi connectivity index (χ4n) is 11.4. The number of hydrogen-bond donors (Lipinski definition) is 1. The number of carbonyl (C=O) groups is 4. The quantitative estimate of drug-likeness (QED) is 0.0721. The van der Waals surface area contributed by atoms with Gasteiger partial charge in [-0.25, -0.2) is 0 Å². The summed E-state index contributed by atoms with van der Waals surface area (Å²) in [7, 11) is 3.14. The molecule has 2 unspecified atom stereocenters. The van der Waals surface area contributed by atoms with Crippen LogP contribution in [0.3, 0.4) is 0 Å². The van der Waals surface area contributed by atoms with E-state index in [0.29, 0.717) is 64.6 Å². The van der Waals surface area contributed by atoms with Crippen LogP contribution in [0.2, 0.25) is 0 Å². The number of carbonyl (C=O) groups excluding carboxylic acids is 4. The van der Waals surface area contributed by atoms with Crippen molar-refractivity contribution in [2.75, 3.05) is 34.0 Å². The molecule has 6 heterocycles. The molecule has 77 heavy (non-hydrogen) atoms. The molecule has 0 aromatic heterocycles. The standard InChI is InChI=1S/C29H40O9.C28H40O10.CH4/c1-6-10-22-13-14-29(32-5)28(36-22)27(35-20(4)31)25-26(38-29)24(34-17-21-11-8-7-9-12-21)23(37-25)15-18(2)16-33-19(3)30;1-17(15-33-18(2)30)14-22-23(34-16-20-8-6-5-7-9-20)25-24(37-22)26(35-19(3)31)27-28(32-4,38-25)12-10-21(36-27)11-13-29;/h6-9,11-12,18,22-28H,1,10,13-17H2,2-5H3;5-9,17,21-27,29H,10-16H2,1-4H3;1H4/t18-,22-,23-,24+,25-,26+,27+,28-,29?;17-,21-,22-,23+,24-,25+,26+,27-,28?;/m11./s1. The fourth-order valence-corrected chi connectivity index (χ4v) is 11.4. The minimum atomic E-state index is -1.16. The van der Waals surface area contributed by atoms with Gasteiger partial charge in [0, 0.05) is 61.4 Å². The molecule has 0 radical (unpaired) electrons. The summed E-state index contributed by atoms with van der Waals surface area (Å²) in [4.78, 5) is 47.2. The van der Waals surface area contributed by atoms with E-state index in [1.807, 2.05) is 80.6 Å². The lowest BCUT2D eigenvalue weighted by atomic mass is 9.84. The lowest BCUT2D eigenvalue weighted by Crippen LogP contribution is -2.69. The molecule has 6 fully saturated rings. The summed E-state index contributed by atoms with van der Waals surface area (Å²) in [6, 6.07) is 19.7. The minimum Gasteiger partial charge on any atom is -0.466 e. The Kier molecular flexibility index (Phi) is 23.0.